The number of carbonyl (C=O) groups is 3. The van der Waals surface area contributed by atoms with Crippen LogP contribution in [0, 0.1) is 0 Å². The standard InChI is InChI=1S/C42H33Cl2N3O4/c43-30-13-7-8-26(20-30)25-51-38-15-14-31(44)21-29(38)22-37-40(48)45-42(50)47(41(37)49)32-23-35-33(27-9-3-1-4-10-27)16-18-46-19-17-34(36(24-32)39(35)46)28-11-5-2-6-12-28/h1-15,20-24,33-34H,16-19,25H2,(H,45,48,50)/b37-22+/t33-,34-/m1/s1. The van der Waals surface area contributed by atoms with Crippen molar-refractivity contribution in [3.05, 3.63) is 164 Å². The molecular formula is C42H33Cl2N3O4. The molecule has 0 unspecified atom stereocenters. The molecule has 4 amide bonds. The van der Waals surface area contributed by atoms with Crippen LogP contribution in [0.25, 0.3) is 6.08 Å². The van der Waals surface area contributed by atoms with Crippen LogP contribution in [-0.4, -0.2) is 30.9 Å². The summed E-state index contributed by atoms with van der Waals surface area (Å²) >= 11 is 12.5. The third-order valence-electron chi connectivity index (χ3n) is 9.91. The molecule has 51 heavy (non-hydrogen) atoms. The maximum absolute atomic E-state index is 14.4. The number of benzene rings is 5. The molecule has 3 aliphatic rings. The van der Waals surface area contributed by atoms with Gasteiger partial charge in [0.05, 0.1) is 5.69 Å². The third-order valence-corrected chi connectivity index (χ3v) is 10.4. The molecule has 0 aliphatic carbocycles. The lowest BCUT2D eigenvalue weighted by atomic mass is 9.76. The second-order valence-electron chi connectivity index (χ2n) is 13.0. The van der Waals surface area contributed by atoms with Gasteiger partial charge in [0.1, 0.15) is 17.9 Å². The summed E-state index contributed by atoms with van der Waals surface area (Å²) in [6, 6.07) is 36.1. The minimum Gasteiger partial charge on any atom is -0.488 e. The van der Waals surface area contributed by atoms with Crippen molar-refractivity contribution < 1.29 is 19.1 Å². The molecule has 8 rings (SSSR count). The number of anilines is 2. The highest BCUT2D eigenvalue weighted by molar-refractivity contribution is 6.39. The van der Waals surface area contributed by atoms with E-state index in [2.05, 4.69) is 34.5 Å². The fraction of sp³-hybridized carbons (Fsp3) is 0.167. The number of nitrogens with zero attached hydrogens (tertiary/aromatic N) is 2. The van der Waals surface area contributed by atoms with E-state index in [4.69, 9.17) is 27.9 Å². The van der Waals surface area contributed by atoms with Gasteiger partial charge in [-0.15, -0.1) is 0 Å². The van der Waals surface area contributed by atoms with Crippen molar-refractivity contribution in [1.29, 1.82) is 0 Å². The van der Waals surface area contributed by atoms with Gasteiger partial charge in [-0.1, -0.05) is 96.0 Å². The Morgan fingerprint density at radius 1 is 0.725 bits per heavy atom. The van der Waals surface area contributed by atoms with E-state index in [-0.39, 0.29) is 24.0 Å². The van der Waals surface area contributed by atoms with Crippen LogP contribution in [0.5, 0.6) is 5.75 Å². The smallest absolute Gasteiger partial charge is 0.335 e. The van der Waals surface area contributed by atoms with Crippen LogP contribution >= 0.6 is 23.2 Å². The van der Waals surface area contributed by atoms with Gasteiger partial charge in [0.25, 0.3) is 11.8 Å². The molecule has 0 bridgehead atoms. The minimum absolute atomic E-state index is 0.0657. The van der Waals surface area contributed by atoms with E-state index in [0.29, 0.717) is 27.0 Å². The van der Waals surface area contributed by atoms with Gasteiger partial charge in [-0.3, -0.25) is 14.9 Å². The summed E-state index contributed by atoms with van der Waals surface area (Å²) in [4.78, 5) is 44.9. The number of barbiturate groups is 1. The fourth-order valence-electron chi connectivity index (χ4n) is 7.57. The molecule has 2 atom stereocenters. The molecule has 1 N–H and O–H groups in total. The van der Waals surface area contributed by atoms with Crippen LogP contribution in [0.1, 0.15) is 58.1 Å². The topological polar surface area (TPSA) is 79.0 Å². The Hall–Kier alpha value is -5.37. The zero-order chi connectivity index (χ0) is 35.1. The van der Waals surface area contributed by atoms with Gasteiger partial charge in [-0.05, 0) is 89.2 Å². The first-order valence-corrected chi connectivity index (χ1v) is 17.7. The Morgan fingerprint density at radius 2 is 1.35 bits per heavy atom. The van der Waals surface area contributed by atoms with Crippen LogP contribution in [0.3, 0.4) is 0 Å². The van der Waals surface area contributed by atoms with Gasteiger partial charge in [0, 0.05) is 46.2 Å². The Labute approximate surface area is 306 Å². The monoisotopic (exact) mass is 713 g/mol. The second kappa shape index (κ2) is 13.7. The molecule has 254 valence electrons. The lowest BCUT2D eigenvalue weighted by Gasteiger charge is -2.44. The van der Waals surface area contributed by atoms with Crippen molar-refractivity contribution in [2.24, 2.45) is 0 Å². The van der Waals surface area contributed by atoms with E-state index >= 15 is 0 Å². The van der Waals surface area contributed by atoms with Crippen LogP contribution < -0.4 is 19.9 Å². The summed E-state index contributed by atoms with van der Waals surface area (Å²) in [5.41, 5.74) is 7.11. The maximum Gasteiger partial charge on any atom is 0.335 e. The van der Waals surface area contributed by atoms with E-state index in [1.165, 1.54) is 17.2 Å². The van der Waals surface area contributed by atoms with Gasteiger partial charge in [-0.25, -0.2) is 9.69 Å². The highest BCUT2D eigenvalue weighted by Gasteiger charge is 2.40. The summed E-state index contributed by atoms with van der Waals surface area (Å²) in [5.74, 6) is -0.984. The number of hydrogen-bond donors (Lipinski definition) is 1. The number of imide groups is 2. The van der Waals surface area contributed by atoms with E-state index < -0.39 is 17.8 Å². The quantitative estimate of drug-likeness (QED) is 0.134. The summed E-state index contributed by atoms with van der Waals surface area (Å²) in [6.07, 6.45) is 3.22. The number of carbonyl (C=O) groups excluding carboxylic acids is 3. The van der Waals surface area contributed by atoms with Crippen molar-refractivity contribution in [2.75, 3.05) is 22.9 Å². The number of hydrogen-bond acceptors (Lipinski definition) is 5. The molecule has 0 radical (unpaired) electrons. The molecule has 5 aromatic rings. The van der Waals surface area contributed by atoms with Crippen molar-refractivity contribution >= 4 is 58.5 Å². The van der Waals surface area contributed by atoms with Crippen molar-refractivity contribution in [3.8, 4) is 5.75 Å². The summed E-state index contributed by atoms with van der Waals surface area (Å²) in [6.45, 7) is 2.02. The van der Waals surface area contributed by atoms with Crippen molar-refractivity contribution in [2.45, 2.75) is 31.3 Å². The first kappa shape index (κ1) is 32.8. The molecule has 5 aromatic carbocycles. The first-order chi connectivity index (χ1) is 24.8. The Morgan fingerprint density at radius 3 is 1.98 bits per heavy atom. The third kappa shape index (κ3) is 6.39. The van der Waals surface area contributed by atoms with Crippen LogP contribution in [0.15, 0.2) is 121 Å². The fourth-order valence-corrected chi connectivity index (χ4v) is 7.96. The van der Waals surface area contributed by atoms with Gasteiger partial charge >= 0.3 is 6.03 Å². The summed E-state index contributed by atoms with van der Waals surface area (Å²) < 4.78 is 6.10. The lowest BCUT2D eigenvalue weighted by Crippen LogP contribution is -2.54. The Bertz CT molecular complexity index is 2130. The van der Waals surface area contributed by atoms with E-state index in [1.54, 1.807) is 30.3 Å². The maximum atomic E-state index is 14.4. The molecule has 3 aliphatic heterocycles. The van der Waals surface area contributed by atoms with Crippen LogP contribution in [0.2, 0.25) is 10.0 Å². The number of amides is 4. The highest BCUT2D eigenvalue weighted by atomic mass is 35.5. The normalized spacial score (nSPS) is 19.2. The number of rotatable bonds is 7. The van der Waals surface area contributed by atoms with Gasteiger partial charge in [0.2, 0.25) is 0 Å². The summed E-state index contributed by atoms with van der Waals surface area (Å²) in [5, 5.41) is 3.39. The zero-order valence-electron chi connectivity index (χ0n) is 27.5. The van der Waals surface area contributed by atoms with Crippen LogP contribution in [0.4, 0.5) is 16.2 Å². The van der Waals surface area contributed by atoms with E-state index in [9.17, 15) is 14.4 Å². The second-order valence-corrected chi connectivity index (χ2v) is 13.9. The zero-order valence-corrected chi connectivity index (χ0v) is 29.0. The number of halogens is 2. The molecule has 0 saturated carbocycles. The Kier molecular flexibility index (Phi) is 8.84. The molecule has 3 heterocycles. The largest absolute Gasteiger partial charge is 0.488 e. The first-order valence-electron chi connectivity index (χ1n) is 16.9. The molecule has 7 nitrogen and oxygen atoms in total. The average Bonchev–Trinajstić information content (AvgIpc) is 3.14. The molecule has 9 heteroatoms. The molecule has 0 spiro atoms. The number of nitrogens with one attached hydrogen (secondary N) is 1. The molecule has 1 saturated heterocycles. The molecule has 0 aromatic heterocycles. The predicted octanol–water partition coefficient (Wildman–Crippen LogP) is 9.12. The highest BCUT2D eigenvalue weighted by Crippen LogP contribution is 2.50. The number of urea groups is 1. The summed E-state index contributed by atoms with van der Waals surface area (Å²) in [7, 11) is 0. The SMILES string of the molecule is O=C1NC(=O)N(c2cc3c4c(c2)[C@@H](c2ccccc2)CCN4CC[C@@H]3c2ccccc2)C(=O)/C1=C/c1cc(Cl)ccc1OCc1cccc(Cl)c1. The van der Waals surface area contributed by atoms with Gasteiger partial charge in [0.15, 0.2) is 0 Å². The van der Waals surface area contributed by atoms with Crippen LogP contribution in [-0.2, 0) is 16.2 Å². The van der Waals surface area contributed by atoms with Gasteiger partial charge in [-0.2, -0.15) is 0 Å². The van der Waals surface area contributed by atoms with Crippen molar-refractivity contribution in [1.82, 2.24) is 5.32 Å². The average molecular weight is 715 g/mol. The lowest BCUT2D eigenvalue weighted by molar-refractivity contribution is -0.122. The van der Waals surface area contributed by atoms with Gasteiger partial charge < -0.3 is 9.64 Å². The minimum atomic E-state index is -0.797. The molecule has 1 fully saturated rings. The predicted molar refractivity (Wildman–Crippen MR) is 201 cm³/mol. The number of ether oxygens (including phenoxy) is 1. The van der Waals surface area contributed by atoms with E-state index in [1.807, 2.05) is 60.7 Å². The Balaban J connectivity index is 1.22. The van der Waals surface area contributed by atoms with Crippen molar-refractivity contribution in [3.63, 3.8) is 0 Å². The molecular weight excluding hydrogens is 681 g/mol. The van der Waals surface area contributed by atoms with E-state index in [0.717, 1.165) is 53.2 Å².